The fourth-order valence-electron chi connectivity index (χ4n) is 3.91. The molecule has 0 fully saturated rings. The van der Waals surface area contributed by atoms with Crippen LogP contribution in [0.1, 0.15) is 36.2 Å². The highest BCUT2D eigenvalue weighted by atomic mass is 32.2. The lowest BCUT2D eigenvalue weighted by atomic mass is 9.92. The summed E-state index contributed by atoms with van der Waals surface area (Å²) in [6, 6.07) is 9.62. The number of halogens is 1. The fraction of sp³-hybridized carbons (Fsp3) is 0.292. The zero-order valence-corrected chi connectivity index (χ0v) is 20.0. The molecule has 2 aromatic rings. The molecule has 6 nitrogen and oxygen atoms in total. The summed E-state index contributed by atoms with van der Waals surface area (Å²) in [5.41, 5.74) is 1.85. The van der Waals surface area contributed by atoms with Crippen LogP contribution >= 0.6 is 23.1 Å². The number of hydrogen-bond donors (Lipinski definition) is 1. The van der Waals surface area contributed by atoms with Crippen molar-refractivity contribution in [1.82, 2.24) is 10.2 Å². The molecule has 1 N–H and O–H groups in total. The number of esters is 1. The quantitative estimate of drug-likeness (QED) is 0.545. The van der Waals surface area contributed by atoms with E-state index in [2.05, 4.69) is 10.3 Å². The number of benzene rings is 1. The molecule has 3 heterocycles. The van der Waals surface area contributed by atoms with Gasteiger partial charge in [-0.05, 0) is 35.8 Å². The van der Waals surface area contributed by atoms with Crippen molar-refractivity contribution in [3.05, 3.63) is 80.4 Å². The van der Waals surface area contributed by atoms with Crippen molar-refractivity contribution in [2.75, 3.05) is 13.7 Å². The zero-order chi connectivity index (χ0) is 23.4. The molecule has 0 bridgehead atoms. The van der Waals surface area contributed by atoms with Crippen molar-refractivity contribution >= 4 is 40.1 Å². The molecule has 1 aromatic heterocycles. The monoisotopic (exact) mass is 485 g/mol. The van der Waals surface area contributed by atoms with Gasteiger partial charge >= 0.3 is 5.97 Å². The lowest BCUT2D eigenvalue weighted by Crippen LogP contribution is -2.38. The van der Waals surface area contributed by atoms with Gasteiger partial charge in [-0.1, -0.05) is 43.0 Å². The molecular formula is C24H24FN3O3S2. The third kappa shape index (κ3) is 4.89. The van der Waals surface area contributed by atoms with E-state index in [4.69, 9.17) is 4.74 Å². The number of aliphatic imine (C=N–C) groups is 1. The third-order valence-corrected chi connectivity index (χ3v) is 7.27. The van der Waals surface area contributed by atoms with Crippen molar-refractivity contribution in [2.45, 2.75) is 32.2 Å². The highest BCUT2D eigenvalue weighted by molar-refractivity contribution is 8.16. The molecule has 172 valence electrons. The first-order valence-electron chi connectivity index (χ1n) is 10.6. The molecule has 1 unspecified atom stereocenters. The van der Waals surface area contributed by atoms with Crippen LogP contribution in [0, 0.1) is 5.82 Å². The van der Waals surface area contributed by atoms with Crippen LogP contribution in [0.3, 0.4) is 0 Å². The topological polar surface area (TPSA) is 71.0 Å². The van der Waals surface area contributed by atoms with Gasteiger partial charge < -0.3 is 15.0 Å². The molecule has 1 atom stereocenters. The van der Waals surface area contributed by atoms with E-state index in [0.29, 0.717) is 40.7 Å². The standard InChI is InChI=1S/C24H24FN3O3S2/c1-3-19-21(23(30)31-2)22(17-8-4-5-9-18(17)25)28-15(14-33-24(28)27-19)13-20(29)26-11-10-16-7-6-12-32-16/h4-9,12,14,22H,3,10-11,13H2,1-2H3,(H,26,29). The fourth-order valence-corrected chi connectivity index (χ4v) is 5.56. The van der Waals surface area contributed by atoms with E-state index >= 15 is 0 Å². The summed E-state index contributed by atoms with van der Waals surface area (Å²) in [6.07, 6.45) is 1.35. The predicted molar refractivity (Wildman–Crippen MR) is 129 cm³/mol. The second-order valence-electron chi connectivity index (χ2n) is 7.48. The lowest BCUT2D eigenvalue weighted by molar-refractivity contribution is -0.136. The largest absolute Gasteiger partial charge is 0.466 e. The first kappa shape index (κ1) is 23.3. The highest BCUT2D eigenvalue weighted by Crippen LogP contribution is 2.45. The summed E-state index contributed by atoms with van der Waals surface area (Å²) in [5.74, 6) is -1.13. The Morgan fingerprint density at radius 1 is 1.24 bits per heavy atom. The minimum Gasteiger partial charge on any atom is -0.466 e. The van der Waals surface area contributed by atoms with E-state index in [9.17, 15) is 14.0 Å². The number of amides is 1. The van der Waals surface area contributed by atoms with Gasteiger partial charge in [0, 0.05) is 22.7 Å². The van der Waals surface area contributed by atoms with Gasteiger partial charge in [-0.15, -0.1) is 11.3 Å². The number of carbonyl (C=O) groups is 2. The van der Waals surface area contributed by atoms with Gasteiger partial charge in [-0.2, -0.15) is 0 Å². The van der Waals surface area contributed by atoms with Crippen molar-refractivity contribution < 1.29 is 18.7 Å². The number of methoxy groups -OCH3 is 1. The number of thioether (sulfide) groups is 1. The Morgan fingerprint density at radius 3 is 2.76 bits per heavy atom. The number of ether oxygens (including phenoxy) is 1. The van der Waals surface area contributed by atoms with E-state index in [0.717, 1.165) is 6.42 Å². The van der Waals surface area contributed by atoms with Gasteiger partial charge in [0.2, 0.25) is 5.91 Å². The Labute approximate surface area is 200 Å². The summed E-state index contributed by atoms with van der Waals surface area (Å²) in [6.45, 7) is 2.43. The molecule has 1 amide bonds. The minimum absolute atomic E-state index is 0.0946. The Hall–Kier alpha value is -2.91. The summed E-state index contributed by atoms with van der Waals surface area (Å²) < 4.78 is 20.0. The number of nitrogens with one attached hydrogen (secondary N) is 1. The van der Waals surface area contributed by atoms with E-state index in [-0.39, 0.29) is 12.3 Å². The number of hydrogen-bond acceptors (Lipinski definition) is 7. The summed E-state index contributed by atoms with van der Waals surface area (Å²) in [7, 11) is 1.30. The first-order chi connectivity index (χ1) is 16.0. The predicted octanol–water partition coefficient (Wildman–Crippen LogP) is 4.77. The third-order valence-electron chi connectivity index (χ3n) is 5.44. The normalized spacial score (nSPS) is 17.4. The molecule has 1 aromatic carbocycles. The Kier molecular flexibility index (Phi) is 7.29. The smallest absolute Gasteiger partial charge is 0.338 e. The van der Waals surface area contributed by atoms with Crippen LogP contribution in [0.15, 0.2) is 69.1 Å². The molecule has 0 radical (unpaired) electrons. The number of thiophene rings is 1. The maximum atomic E-state index is 14.9. The summed E-state index contributed by atoms with van der Waals surface area (Å²) in [4.78, 5) is 33.1. The van der Waals surface area contributed by atoms with E-state index in [1.54, 1.807) is 34.4 Å². The summed E-state index contributed by atoms with van der Waals surface area (Å²) in [5, 5.41) is 7.42. The van der Waals surface area contributed by atoms with Crippen LogP contribution in [-0.4, -0.2) is 35.6 Å². The van der Waals surface area contributed by atoms with Gasteiger partial charge in [0.15, 0.2) is 5.17 Å². The van der Waals surface area contributed by atoms with Crippen LogP contribution in [0.4, 0.5) is 4.39 Å². The minimum atomic E-state index is -0.763. The van der Waals surface area contributed by atoms with Crippen molar-refractivity contribution in [2.24, 2.45) is 4.99 Å². The van der Waals surface area contributed by atoms with Gasteiger partial charge in [0.05, 0.1) is 30.8 Å². The molecule has 2 aliphatic heterocycles. The number of nitrogens with zero attached hydrogens (tertiary/aromatic N) is 2. The van der Waals surface area contributed by atoms with Crippen LogP contribution in [0.5, 0.6) is 0 Å². The lowest BCUT2D eigenvalue weighted by Gasteiger charge is -2.36. The number of rotatable bonds is 8. The van der Waals surface area contributed by atoms with Gasteiger partial charge in [0.25, 0.3) is 0 Å². The number of allylic oxidation sites excluding steroid dienone is 1. The number of carbonyl (C=O) groups excluding carboxylic acids is 2. The molecule has 0 spiro atoms. The average molecular weight is 486 g/mol. The molecule has 0 saturated heterocycles. The van der Waals surface area contributed by atoms with Crippen molar-refractivity contribution in [3.8, 4) is 0 Å². The molecule has 33 heavy (non-hydrogen) atoms. The van der Waals surface area contributed by atoms with Crippen LogP contribution in [0.25, 0.3) is 0 Å². The van der Waals surface area contributed by atoms with Crippen molar-refractivity contribution in [1.29, 1.82) is 0 Å². The molecule has 2 aliphatic rings. The molecule has 4 rings (SSSR count). The number of amidine groups is 1. The van der Waals surface area contributed by atoms with E-state index < -0.39 is 17.8 Å². The maximum Gasteiger partial charge on any atom is 0.338 e. The molecule has 0 aliphatic carbocycles. The van der Waals surface area contributed by atoms with Gasteiger partial charge in [-0.25, -0.2) is 14.2 Å². The van der Waals surface area contributed by atoms with Crippen LogP contribution in [0.2, 0.25) is 0 Å². The Morgan fingerprint density at radius 2 is 2.06 bits per heavy atom. The second-order valence-corrected chi connectivity index (χ2v) is 9.35. The van der Waals surface area contributed by atoms with Crippen molar-refractivity contribution in [3.63, 3.8) is 0 Å². The van der Waals surface area contributed by atoms with E-state index in [1.807, 2.05) is 29.8 Å². The number of fused-ring (bicyclic) bond motifs is 1. The highest BCUT2D eigenvalue weighted by Gasteiger charge is 2.42. The SMILES string of the molecule is CCC1=C(C(=O)OC)C(c2ccccc2F)N2C(CC(=O)NCCc3cccs3)=CSC2=N1. The second kappa shape index (κ2) is 10.4. The summed E-state index contributed by atoms with van der Waals surface area (Å²) >= 11 is 3.02. The molecule has 0 saturated carbocycles. The van der Waals surface area contributed by atoms with Crippen LogP contribution < -0.4 is 5.32 Å². The Balaban J connectivity index is 1.60. The maximum absolute atomic E-state index is 14.9. The van der Waals surface area contributed by atoms with Gasteiger partial charge in [-0.3, -0.25) is 4.79 Å². The molecule has 9 heteroatoms. The van der Waals surface area contributed by atoms with Crippen LogP contribution in [-0.2, 0) is 20.7 Å². The average Bonchev–Trinajstić information content (AvgIpc) is 3.48. The zero-order valence-electron chi connectivity index (χ0n) is 18.3. The Bertz CT molecular complexity index is 1140. The molecular weight excluding hydrogens is 461 g/mol. The van der Waals surface area contributed by atoms with E-state index in [1.165, 1.54) is 29.8 Å². The van der Waals surface area contributed by atoms with Gasteiger partial charge in [0.1, 0.15) is 5.82 Å². The first-order valence-corrected chi connectivity index (χ1v) is 12.4.